The van der Waals surface area contributed by atoms with Gasteiger partial charge in [0.25, 0.3) is 0 Å². The van der Waals surface area contributed by atoms with Crippen LogP contribution in [0.1, 0.15) is 64.7 Å². The standard InChI is InChI=1S/C17H29N3O/c1-2-3-4-5-6-7-8-9-10-14-19-17(21)20-16-12-11-13-18-15-16/h11-13,15H,2-10,14H2,1H3,(H2,19,20,21). The van der Waals surface area contributed by atoms with Crippen LogP contribution in [0.15, 0.2) is 24.5 Å². The fourth-order valence-electron chi connectivity index (χ4n) is 2.25. The van der Waals surface area contributed by atoms with Gasteiger partial charge in [0.15, 0.2) is 0 Å². The van der Waals surface area contributed by atoms with Gasteiger partial charge in [-0.25, -0.2) is 4.79 Å². The third kappa shape index (κ3) is 9.88. The number of nitrogens with zero attached hydrogens (tertiary/aromatic N) is 1. The summed E-state index contributed by atoms with van der Waals surface area (Å²) in [5, 5.41) is 5.63. The molecule has 4 nitrogen and oxygen atoms in total. The van der Waals surface area contributed by atoms with Crippen molar-refractivity contribution in [3.05, 3.63) is 24.5 Å². The smallest absolute Gasteiger partial charge is 0.319 e. The van der Waals surface area contributed by atoms with E-state index in [1.807, 2.05) is 6.07 Å². The summed E-state index contributed by atoms with van der Waals surface area (Å²) < 4.78 is 0. The largest absolute Gasteiger partial charge is 0.338 e. The summed E-state index contributed by atoms with van der Waals surface area (Å²) in [5.74, 6) is 0. The summed E-state index contributed by atoms with van der Waals surface area (Å²) in [4.78, 5) is 15.6. The Bertz CT molecular complexity index is 368. The summed E-state index contributed by atoms with van der Waals surface area (Å²) in [5.41, 5.74) is 0.724. The monoisotopic (exact) mass is 291 g/mol. The van der Waals surface area contributed by atoms with Crippen molar-refractivity contribution in [2.75, 3.05) is 11.9 Å². The number of carbonyl (C=O) groups excluding carboxylic acids is 1. The second-order valence-corrected chi connectivity index (χ2v) is 5.45. The van der Waals surface area contributed by atoms with E-state index in [2.05, 4.69) is 22.5 Å². The van der Waals surface area contributed by atoms with Crippen LogP contribution in [0.2, 0.25) is 0 Å². The highest BCUT2D eigenvalue weighted by molar-refractivity contribution is 5.88. The van der Waals surface area contributed by atoms with Gasteiger partial charge < -0.3 is 10.6 Å². The molecule has 1 aromatic heterocycles. The number of aromatic nitrogens is 1. The molecule has 0 saturated heterocycles. The molecule has 1 rings (SSSR count). The molecule has 0 saturated carbocycles. The Hall–Kier alpha value is -1.58. The van der Waals surface area contributed by atoms with Gasteiger partial charge in [0.2, 0.25) is 0 Å². The summed E-state index contributed by atoms with van der Waals surface area (Å²) >= 11 is 0. The fraction of sp³-hybridized carbons (Fsp3) is 0.647. The minimum absolute atomic E-state index is 0.150. The van der Waals surface area contributed by atoms with Gasteiger partial charge in [-0.15, -0.1) is 0 Å². The number of nitrogens with one attached hydrogen (secondary N) is 2. The molecule has 0 aromatic carbocycles. The zero-order valence-electron chi connectivity index (χ0n) is 13.2. The predicted octanol–water partition coefficient (Wildman–Crippen LogP) is 4.73. The van der Waals surface area contributed by atoms with E-state index in [0.29, 0.717) is 0 Å². The van der Waals surface area contributed by atoms with Crippen LogP contribution in [-0.4, -0.2) is 17.6 Å². The van der Waals surface area contributed by atoms with E-state index >= 15 is 0 Å². The summed E-state index contributed by atoms with van der Waals surface area (Å²) in [6.45, 7) is 2.99. The lowest BCUT2D eigenvalue weighted by Crippen LogP contribution is -2.29. The lowest BCUT2D eigenvalue weighted by molar-refractivity contribution is 0.252. The molecule has 4 heteroatoms. The number of anilines is 1. The molecule has 2 N–H and O–H groups in total. The molecule has 0 unspecified atom stereocenters. The number of pyridine rings is 1. The lowest BCUT2D eigenvalue weighted by Gasteiger charge is -2.07. The molecule has 0 bridgehead atoms. The van der Waals surface area contributed by atoms with Crippen molar-refractivity contribution in [2.24, 2.45) is 0 Å². The molecule has 118 valence electrons. The van der Waals surface area contributed by atoms with Gasteiger partial charge in [-0.2, -0.15) is 0 Å². The van der Waals surface area contributed by atoms with Gasteiger partial charge in [0.05, 0.1) is 11.9 Å². The number of carbonyl (C=O) groups is 1. The molecule has 0 atom stereocenters. The normalized spacial score (nSPS) is 10.3. The minimum atomic E-state index is -0.150. The van der Waals surface area contributed by atoms with Crippen LogP contribution in [0.4, 0.5) is 10.5 Å². The van der Waals surface area contributed by atoms with Crippen molar-refractivity contribution in [1.29, 1.82) is 0 Å². The topological polar surface area (TPSA) is 54.0 Å². The first kappa shape index (κ1) is 17.5. The number of amides is 2. The average molecular weight is 291 g/mol. The van der Waals surface area contributed by atoms with Gasteiger partial charge in [-0.1, -0.05) is 58.3 Å². The Kier molecular flexibility index (Phi) is 10.1. The van der Waals surface area contributed by atoms with Crippen LogP contribution >= 0.6 is 0 Å². The van der Waals surface area contributed by atoms with Crippen LogP contribution in [0.5, 0.6) is 0 Å². The number of urea groups is 1. The maximum Gasteiger partial charge on any atom is 0.319 e. The van der Waals surface area contributed by atoms with Gasteiger partial charge in [-0.3, -0.25) is 4.98 Å². The molecule has 0 aliphatic rings. The van der Waals surface area contributed by atoms with Crippen LogP contribution in [0.25, 0.3) is 0 Å². The molecule has 1 aromatic rings. The maximum absolute atomic E-state index is 11.6. The Labute approximate surface area is 128 Å². The van der Waals surface area contributed by atoms with Crippen LogP contribution < -0.4 is 10.6 Å². The van der Waals surface area contributed by atoms with E-state index in [1.54, 1.807) is 18.5 Å². The lowest BCUT2D eigenvalue weighted by atomic mass is 10.1. The van der Waals surface area contributed by atoms with Crippen molar-refractivity contribution in [3.8, 4) is 0 Å². The molecule has 2 amide bonds. The SMILES string of the molecule is CCCCCCCCCCCNC(=O)Nc1cccnc1. The number of hydrogen-bond acceptors (Lipinski definition) is 2. The van der Waals surface area contributed by atoms with Gasteiger partial charge in [0.1, 0.15) is 0 Å². The highest BCUT2D eigenvalue weighted by atomic mass is 16.2. The zero-order valence-corrected chi connectivity index (χ0v) is 13.2. The summed E-state index contributed by atoms with van der Waals surface area (Å²) in [7, 11) is 0. The van der Waals surface area contributed by atoms with Gasteiger partial charge >= 0.3 is 6.03 Å². The molecular weight excluding hydrogens is 262 g/mol. The Morgan fingerprint density at radius 1 is 1.05 bits per heavy atom. The molecule has 0 aliphatic carbocycles. The number of unbranched alkanes of at least 4 members (excludes halogenated alkanes) is 8. The van der Waals surface area contributed by atoms with Crippen LogP contribution in [0.3, 0.4) is 0 Å². The third-order valence-corrected chi connectivity index (χ3v) is 3.49. The molecule has 1 heterocycles. The quantitative estimate of drug-likeness (QED) is 0.579. The number of rotatable bonds is 11. The molecule has 0 fully saturated rings. The molecule has 21 heavy (non-hydrogen) atoms. The fourth-order valence-corrected chi connectivity index (χ4v) is 2.25. The second-order valence-electron chi connectivity index (χ2n) is 5.45. The summed E-state index contributed by atoms with van der Waals surface area (Å²) in [6.07, 6.45) is 15.0. The van der Waals surface area contributed by atoms with E-state index in [9.17, 15) is 4.79 Å². The zero-order chi connectivity index (χ0) is 15.2. The molecule has 0 radical (unpaired) electrons. The highest BCUT2D eigenvalue weighted by Crippen LogP contribution is 2.09. The first-order chi connectivity index (χ1) is 10.3. The molecular formula is C17H29N3O. The van der Waals surface area contributed by atoms with Gasteiger partial charge in [-0.05, 0) is 18.6 Å². The van der Waals surface area contributed by atoms with Crippen molar-refractivity contribution in [2.45, 2.75) is 64.7 Å². The first-order valence-corrected chi connectivity index (χ1v) is 8.28. The summed E-state index contributed by atoms with van der Waals surface area (Å²) in [6, 6.07) is 3.48. The van der Waals surface area contributed by atoms with Crippen molar-refractivity contribution in [1.82, 2.24) is 10.3 Å². The Morgan fingerprint density at radius 2 is 1.71 bits per heavy atom. The van der Waals surface area contributed by atoms with Gasteiger partial charge in [0, 0.05) is 12.7 Å². The third-order valence-electron chi connectivity index (χ3n) is 3.49. The highest BCUT2D eigenvalue weighted by Gasteiger charge is 2.00. The van der Waals surface area contributed by atoms with Crippen LogP contribution in [0, 0.1) is 0 Å². The molecule has 0 aliphatic heterocycles. The van der Waals surface area contributed by atoms with Crippen molar-refractivity contribution >= 4 is 11.7 Å². The predicted molar refractivity (Wildman–Crippen MR) is 88.5 cm³/mol. The maximum atomic E-state index is 11.6. The van der Waals surface area contributed by atoms with E-state index < -0.39 is 0 Å². The van der Waals surface area contributed by atoms with Crippen molar-refractivity contribution < 1.29 is 4.79 Å². The van der Waals surface area contributed by atoms with E-state index in [1.165, 1.54) is 51.4 Å². The van der Waals surface area contributed by atoms with Crippen molar-refractivity contribution in [3.63, 3.8) is 0 Å². The number of hydrogen-bond donors (Lipinski definition) is 2. The Balaban J connectivity index is 1.89. The first-order valence-electron chi connectivity index (χ1n) is 8.28. The average Bonchev–Trinajstić information content (AvgIpc) is 2.50. The Morgan fingerprint density at radius 3 is 2.33 bits per heavy atom. The minimum Gasteiger partial charge on any atom is -0.338 e. The van der Waals surface area contributed by atoms with E-state index in [0.717, 1.165) is 18.7 Å². The second kappa shape index (κ2) is 12.2. The van der Waals surface area contributed by atoms with E-state index in [4.69, 9.17) is 0 Å². The molecule has 0 spiro atoms. The van der Waals surface area contributed by atoms with Crippen LogP contribution in [-0.2, 0) is 0 Å². The van der Waals surface area contributed by atoms with E-state index in [-0.39, 0.29) is 6.03 Å².